The Balaban J connectivity index is 0.000000980. The number of nitrogens with two attached hydrogens (primary N) is 1. The highest BCUT2D eigenvalue weighted by Crippen LogP contribution is 2.58. The van der Waals surface area contributed by atoms with E-state index < -0.39 is 10.0 Å². The first-order valence-corrected chi connectivity index (χ1v) is 6.35. The number of sulfonamides is 1. The van der Waals surface area contributed by atoms with Crippen LogP contribution in [-0.4, -0.2) is 25.2 Å². The summed E-state index contributed by atoms with van der Waals surface area (Å²) < 4.78 is 25.6. The highest BCUT2D eigenvalue weighted by atomic mass is 35.5. The topological polar surface area (TPSA) is 72.2 Å². The normalized spacial score (nSPS) is 39.3. The fourth-order valence-electron chi connectivity index (χ4n) is 2.62. The lowest BCUT2D eigenvalue weighted by Crippen LogP contribution is -2.82. The molecule has 0 aromatic rings. The molecule has 3 fully saturated rings. The van der Waals surface area contributed by atoms with E-state index in [4.69, 9.17) is 5.73 Å². The van der Waals surface area contributed by atoms with Crippen molar-refractivity contribution < 1.29 is 8.42 Å². The first-order valence-electron chi connectivity index (χ1n) is 4.69. The van der Waals surface area contributed by atoms with Crippen molar-refractivity contribution in [1.29, 1.82) is 0 Å². The van der Waals surface area contributed by atoms with Crippen molar-refractivity contribution in [2.75, 3.05) is 5.75 Å². The molecule has 0 aliphatic heterocycles. The molecule has 0 saturated heterocycles. The van der Waals surface area contributed by atoms with E-state index in [-0.39, 0.29) is 29.2 Å². The molecule has 2 bridgehead atoms. The van der Waals surface area contributed by atoms with Gasteiger partial charge in [-0.3, -0.25) is 0 Å². The smallest absolute Gasteiger partial charge is 0.212 e. The fraction of sp³-hybridized carbons (Fsp3) is 1.00. The second-order valence-electron chi connectivity index (χ2n) is 4.59. The van der Waals surface area contributed by atoms with Gasteiger partial charge in [-0.05, 0) is 25.7 Å². The zero-order valence-electron chi connectivity index (χ0n) is 8.25. The zero-order chi connectivity index (χ0) is 9.74. The Morgan fingerprint density at radius 3 is 2.21 bits per heavy atom. The second-order valence-corrected chi connectivity index (χ2v) is 6.44. The van der Waals surface area contributed by atoms with Crippen molar-refractivity contribution in [3.05, 3.63) is 0 Å². The summed E-state index contributed by atoms with van der Waals surface area (Å²) in [4.78, 5) is 0. The molecule has 0 amide bonds. The van der Waals surface area contributed by atoms with Gasteiger partial charge in [-0.2, -0.15) is 0 Å². The van der Waals surface area contributed by atoms with Crippen LogP contribution in [0.25, 0.3) is 0 Å². The Labute approximate surface area is 91.1 Å². The van der Waals surface area contributed by atoms with Gasteiger partial charge in [0.15, 0.2) is 0 Å². The van der Waals surface area contributed by atoms with Crippen molar-refractivity contribution in [1.82, 2.24) is 4.72 Å². The van der Waals surface area contributed by atoms with Crippen LogP contribution in [0.5, 0.6) is 0 Å². The molecule has 0 unspecified atom stereocenters. The zero-order valence-corrected chi connectivity index (χ0v) is 9.88. The van der Waals surface area contributed by atoms with Crippen molar-refractivity contribution in [3.8, 4) is 0 Å². The monoisotopic (exact) mass is 240 g/mol. The van der Waals surface area contributed by atoms with Crippen LogP contribution in [0.4, 0.5) is 0 Å². The molecule has 84 valence electrons. The molecule has 6 heteroatoms. The lowest BCUT2D eigenvalue weighted by Gasteiger charge is -2.68. The number of rotatable bonds is 4. The summed E-state index contributed by atoms with van der Waals surface area (Å²) >= 11 is 0. The second kappa shape index (κ2) is 3.33. The SMILES string of the molecule is CCCS(=O)(=O)NC12CC(N)(C1)C2.Cl. The third-order valence-electron chi connectivity index (χ3n) is 2.92. The minimum Gasteiger partial charge on any atom is -0.325 e. The van der Waals surface area contributed by atoms with Gasteiger partial charge in [0, 0.05) is 11.1 Å². The molecule has 0 spiro atoms. The maximum absolute atomic E-state index is 11.4. The number of hydrogen-bond acceptors (Lipinski definition) is 3. The van der Waals surface area contributed by atoms with Gasteiger partial charge in [-0.15, -0.1) is 12.4 Å². The van der Waals surface area contributed by atoms with Crippen molar-refractivity contribution in [2.45, 2.75) is 43.7 Å². The summed E-state index contributed by atoms with van der Waals surface area (Å²) in [5, 5.41) is 0. The summed E-state index contributed by atoms with van der Waals surface area (Å²) in [6.45, 7) is 1.87. The Kier molecular flexibility index (Phi) is 2.91. The Hall–Kier alpha value is 0.160. The highest BCUT2D eigenvalue weighted by Gasteiger charge is 2.67. The van der Waals surface area contributed by atoms with Crippen LogP contribution in [0.3, 0.4) is 0 Å². The molecule has 0 heterocycles. The quantitative estimate of drug-likeness (QED) is 0.746. The van der Waals surface area contributed by atoms with E-state index in [1.54, 1.807) is 0 Å². The van der Waals surface area contributed by atoms with Crippen molar-refractivity contribution in [2.24, 2.45) is 5.73 Å². The van der Waals surface area contributed by atoms with Crippen molar-refractivity contribution in [3.63, 3.8) is 0 Å². The van der Waals surface area contributed by atoms with Crippen LogP contribution in [-0.2, 0) is 10.0 Å². The molecule has 0 aromatic carbocycles. The van der Waals surface area contributed by atoms with Gasteiger partial charge >= 0.3 is 0 Å². The molecule has 3 N–H and O–H groups in total. The van der Waals surface area contributed by atoms with Crippen LogP contribution in [0.15, 0.2) is 0 Å². The molecular weight excluding hydrogens is 224 g/mol. The first kappa shape index (κ1) is 12.2. The van der Waals surface area contributed by atoms with E-state index in [2.05, 4.69) is 4.72 Å². The lowest BCUT2D eigenvalue weighted by atomic mass is 9.45. The number of halogens is 1. The molecule has 0 radical (unpaired) electrons. The van der Waals surface area contributed by atoms with Crippen LogP contribution in [0.2, 0.25) is 0 Å². The third kappa shape index (κ3) is 1.91. The van der Waals surface area contributed by atoms with E-state index in [0.29, 0.717) is 6.42 Å². The Morgan fingerprint density at radius 1 is 1.36 bits per heavy atom. The average Bonchev–Trinajstić information content (AvgIpc) is 1.80. The van der Waals surface area contributed by atoms with Crippen LogP contribution >= 0.6 is 12.4 Å². The molecule has 0 aromatic heterocycles. The maximum atomic E-state index is 11.4. The van der Waals surface area contributed by atoms with Gasteiger partial charge in [-0.1, -0.05) is 6.92 Å². The van der Waals surface area contributed by atoms with Crippen LogP contribution in [0, 0.1) is 0 Å². The molecule has 14 heavy (non-hydrogen) atoms. The molecule has 3 aliphatic rings. The predicted octanol–water partition coefficient (Wildman–Crippen LogP) is 0.371. The van der Waals surface area contributed by atoms with Gasteiger partial charge in [0.05, 0.1) is 5.75 Å². The lowest BCUT2D eigenvalue weighted by molar-refractivity contribution is -0.0618. The summed E-state index contributed by atoms with van der Waals surface area (Å²) in [5.74, 6) is 0.228. The summed E-state index contributed by atoms with van der Waals surface area (Å²) in [6, 6.07) is 0. The minimum absolute atomic E-state index is 0. The molecule has 3 aliphatic carbocycles. The van der Waals surface area contributed by atoms with Gasteiger partial charge < -0.3 is 5.73 Å². The van der Waals surface area contributed by atoms with E-state index >= 15 is 0 Å². The van der Waals surface area contributed by atoms with Gasteiger partial charge in [-0.25, -0.2) is 13.1 Å². The fourth-order valence-corrected chi connectivity index (χ4v) is 4.14. The largest absolute Gasteiger partial charge is 0.325 e. The molecular formula is C8H17ClN2O2S. The minimum atomic E-state index is -3.04. The Bertz CT molecular complexity index is 308. The molecule has 0 atom stereocenters. The van der Waals surface area contributed by atoms with Crippen LogP contribution in [0.1, 0.15) is 32.6 Å². The summed E-state index contributed by atoms with van der Waals surface area (Å²) in [5.41, 5.74) is 5.65. The van der Waals surface area contributed by atoms with E-state index in [1.165, 1.54) is 0 Å². The summed E-state index contributed by atoms with van der Waals surface area (Å²) in [6.07, 6.45) is 3.13. The summed E-state index contributed by atoms with van der Waals surface area (Å²) in [7, 11) is -3.04. The van der Waals surface area contributed by atoms with E-state index in [0.717, 1.165) is 19.3 Å². The van der Waals surface area contributed by atoms with Gasteiger partial charge in [0.25, 0.3) is 0 Å². The highest BCUT2D eigenvalue weighted by molar-refractivity contribution is 7.89. The van der Waals surface area contributed by atoms with Crippen molar-refractivity contribution >= 4 is 22.4 Å². The number of nitrogens with one attached hydrogen (secondary N) is 1. The van der Waals surface area contributed by atoms with E-state index in [9.17, 15) is 8.42 Å². The predicted molar refractivity (Wildman–Crippen MR) is 58.0 cm³/mol. The molecule has 4 nitrogen and oxygen atoms in total. The van der Waals surface area contributed by atoms with E-state index in [1.807, 2.05) is 6.92 Å². The average molecular weight is 241 g/mol. The Morgan fingerprint density at radius 2 is 1.86 bits per heavy atom. The first-order chi connectivity index (χ1) is 5.89. The molecule has 3 saturated carbocycles. The maximum Gasteiger partial charge on any atom is 0.212 e. The number of hydrogen-bond donors (Lipinski definition) is 2. The van der Waals surface area contributed by atoms with Crippen LogP contribution < -0.4 is 10.5 Å². The van der Waals surface area contributed by atoms with Gasteiger partial charge in [0.2, 0.25) is 10.0 Å². The standard InChI is InChI=1S/C8H16N2O2S.ClH/c1-2-3-13(11,12)10-8-4-7(9,5-8)6-8;/h10H,2-6,9H2,1H3;1H. The van der Waals surface area contributed by atoms with Gasteiger partial charge in [0.1, 0.15) is 0 Å². The molecule has 3 rings (SSSR count). The third-order valence-corrected chi connectivity index (χ3v) is 4.61.